The molecule has 0 aromatic heterocycles. The molecule has 0 heterocycles. The van der Waals surface area contributed by atoms with E-state index in [1.165, 1.54) is 5.56 Å². The normalized spacial score (nSPS) is 12.2. The molecular weight excluding hydrogens is 290 g/mol. The largest absolute Gasteiger partial charge is 0.483 e. The van der Waals surface area contributed by atoms with E-state index in [1.54, 1.807) is 0 Å². The molecule has 0 bridgehead atoms. The Bertz CT molecular complexity index is 510. The molecule has 1 atom stereocenters. The number of halogens is 1. The van der Waals surface area contributed by atoms with E-state index in [0.717, 1.165) is 15.8 Å². The fraction of sp³-hybridized carbons (Fsp3) is 0.200. The Morgan fingerprint density at radius 1 is 1.11 bits per heavy atom. The molecule has 2 aromatic carbocycles. The minimum Gasteiger partial charge on any atom is -0.483 e. The maximum absolute atomic E-state index is 5.95. The molecule has 2 nitrogen and oxygen atoms in total. The van der Waals surface area contributed by atoms with Crippen LogP contribution in [0.5, 0.6) is 5.75 Å². The fourth-order valence-electron chi connectivity index (χ4n) is 1.73. The highest BCUT2D eigenvalue weighted by atomic mass is 79.9. The van der Waals surface area contributed by atoms with Gasteiger partial charge in [0.1, 0.15) is 11.9 Å². The molecule has 0 aliphatic carbocycles. The van der Waals surface area contributed by atoms with Gasteiger partial charge in [0.15, 0.2) is 0 Å². The van der Waals surface area contributed by atoms with E-state index >= 15 is 0 Å². The summed E-state index contributed by atoms with van der Waals surface area (Å²) >= 11 is 3.47. The van der Waals surface area contributed by atoms with Gasteiger partial charge in [0, 0.05) is 6.54 Å². The molecule has 0 saturated heterocycles. The molecule has 2 N–H and O–H groups in total. The summed E-state index contributed by atoms with van der Waals surface area (Å²) in [7, 11) is 0. The van der Waals surface area contributed by atoms with Crippen LogP contribution >= 0.6 is 15.9 Å². The summed E-state index contributed by atoms with van der Waals surface area (Å²) in [6.45, 7) is 2.51. The minimum absolute atomic E-state index is 0.121. The zero-order valence-electron chi connectivity index (χ0n) is 10.3. The van der Waals surface area contributed by atoms with Gasteiger partial charge >= 0.3 is 0 Å². The molecule has 0 radical (unpaired) electrons. The van der Waals surface area contributed by atoms with Crippen molar-refractivity contribution in [2.24, 2.45) is 5.73 Å². The molecule has 2 rings (SSSR count). The molecule has 0 amide bonds. The van der Waals surface area contributed by atoms with Crippen molar-refractivity contribution in [2.45, 2.75) is 13.0 Å². The van der Waals surface area contributed by atoms with Gasteiger partial charge in [0.2, 0.25) is 0 Å². The van der Waals surface area contributed by atoms with Crippen molar-refractivity contribution in [3.8, 4) is 5.75 Å². The zero-order valence-corrected chi connectivity index (χ0v) is 11.9. The predicted octanol–water partition coefficient (Wildman–Crippen LogP) is 3.84. The monoisotopic (exact) mass is 305 g/mol. The van der Waals surface area contributed by atoms with Gasteiger partial charge in [-0.2, -0.15) is 0 Å². The second kappa shape index (κ2) is 6.03. The van der Waals surface area contributed by atoms with E-state index in [9.17, 15) is 0 Å². The summed E-state index contributed by atoms with van der Waals surface area (Å²) in [4.78, 5) is 0. The Balaban J connectivity index is 2.20. The Hall–Kier alpha value is -1.32. The minimum atomic E-state index is -0.121. The van der Waals surface area contributed by atoms with E-state index in [2.05, 4.69) is 47.1 Å². The molecule has 0 fully saturated rings. The second-order valence-corrected chi connectivity index (χ2v) is 5.04. The first-order chi connectivity index (χ1) is 8.70. The van der Waals surface area contributed by atoms with E-state index in [0.29, 0.717) is 6.54 Å². The van der Waals surface area contributed by atoms with Crippen molar-refractivity contribution >= 4 is 15.9 Å². The summed E-state index contributed by atoms with van der Waals surface area (Å²) < 4.78 is 6.89. The number of rotatable bonds is 4. The molecule has 2 aromatic rings. The summed E-state index contributed by atoms with van der Waals surface area (Å²) in [6.07, 6.45) is -0.121. The highest BCUT2D eigenvalue weighted by molar-refractivity contribution is 9.10. The van der Waals surface area contributed by atoms with Crippen molar-refractivity contribution in [3.63, 3.8) is 0 Å². The smallest absolute Gasteiger partial charge is 0.136 e. The van der Waals surface area contributed by atoms with Crippen molar-refractivity contribution < 1.29 is 4.74 Å². The SMILES string of the molecule is Cc1ccc(C(CN)Oc2ccccc2Br)cc1. The lowest BCUT2D eigenvalue weighted by molar-refractivity contribution is 0.213. The summed E-state index contributed by atoms with van der Waals surface area (Å²) in [6, 6.07) is 16.1. The zero-order chi connectivity index (χ0) is 13.0. The lowest BCUT2D eigenvalue weighted by Crippen LogP contribution is -2.18. The first-order valence-electron chi connectivity index (χ1n) is 5.88. The highest BCUT2D eigenvalue weighted by Gasteiger charge is 2.12. The first-order valence-corrected chi connectivity index (χ1v) is 6.68. The average molecular weight is 306 g/mol. The molecule has 18 heavy (non-hydrogen) atoms. The van der Waals surface area contributed by atoms with E-state index in [1.807, 2.05) is 24.3 Å². The Morgan fingerprint density at radius 3 is 2.39 bits per heavy atom. The van der Waals surface area contributed by atoms with Crippen LogP contribution in [0.25, 0.3) is 0 Å². The highest BCUT2D eigenvalue weighted by Crippen LogP contribution is 2.28. The van der Waals surface area contributed by atoms with Gasteiger partial charge in [-0.3, -0.25) is 0 Å². The van der Waals surface area contributed by atoms with E-state index in [-0.39, 0.29) is 6.10 Å². The molecular formula is C15H16BrNO. The maximum atomic E-state index is 5.95. The quantitative estimate of drug-likeness (QED) is 0.931. The predicted molar refractivity (Wildman–Crippen MR) is 77.7 cm³/mol. The molecule has 0 aliphatic rings. The molecule has 0 saturated carbocycles. The van der Waals surface area contributed by atoms with Crippen LogP contribution in [-0.4, -0.2) is 6.54 Å². The van der Waals surface area contributed by atoms with Crippen LogP contribution in [0.2, 0.25) is 0 Å². The van der Waals surface area contributed by atoms with Gasteiger partial charge in [0.05, 0.1) is 4.47 Å². The van der Waals surface area contributed by atoms with Crippen LogP contribution in [0.1, 0.15) is 17.2 Å². The molecule has 0 aliphatic heterocycles. The standard InChI is InChI=1S/C15H16BrNO/c1-11-6-8-12(9-7-11)15(10-17)18-14-5-3-2-4-13(14)16/h2-9,15H,10,17H2,1H3. The van der Waals surface area contributed by atoms with Crippen molar-refractivity contribution in [1.82, 2.24) is 0 Å². The molecule has 3 heteroatoms. The Kier molecular flexibility index (Phi) is 4.39. The second-order valence-electron chi connectivity index (χ2n) is 4.18. The maximum Gasteiger partial charge on any atom is 0.136 e. The Morgan fingerprint density at radius 2 is 1.78 bits per heavy atom. The summed E-state index contributed by atoms with van der Waals surface area (Å²) in [5.74, 6) is 0.813. The first kappa shape index (κ1) is 13.1. The number of ether oxygens (including phenoxy) is 1. The molecule has 0 spiro atoms. The number of benzene rings is 2. The van der Waals surface area contributed by atoms with Crippen LogP contribution in [0, 0.1) is 6.92 Å². The number of hydrogen-bond acceptors (Lipinski definition) is 2. The number of aryl methyl sites for hydroxylation is 1. The Labute approximate surface area is 116 Å². The third-order valence-electron chi connectivity index (χ3n) is 2.77. The lowest BCUT2D eigenvalue weighted by atomic mass is 10.1. The van der Waals surface area contributed by atoms with Crippen LogP contribution in [0.15, 0.2) is 53.0 Å². The van der Waals surface area contributed by atoms with Crippen molar-refractivity contribution in [2.75, 3.05) is 6.54 Å². The fourth-order valence-corrected chi connectivity index (χ4v) is 2.11. The molecule has 94 valence electrons. The lowest BCUT2D eigenvalue weighted by Gasteiger charge is -2.18. The summed E-state index contributed by atoms with van der Waals surface area (Å²) in [5.41, 5.74) is 8.13. The van der Waals surface area contributed by atoms with E-state index in [4.69, 9.17) is 10.5 Å². The van der Waals surface area contributed by atoms with Gasteiger partial charge in [-0.05, 0) is 40.5 Å². The number of para-hydroxylation sites is 1. The van der Waals surface area contributed by atoms with Crippen molar-refractivity contribution in [3.05, 3.63) is 64.1 Å². The van der Waals surface area contributed by atoms with Gasteiger partial charge in [-0.25, -0.2) is 0 Å². The average Bonchev–Trinajstić information content (AvgIpc) is 2.39. The van der Waals surface area contributed by atoms with Crippen LogP contribution in [-0.2, 0) is 0 Å². The van der Waals surface area contributed by atoms with Crippen molar-refractivity contribution in [1.29, 1.82) is 0 Å². The molecule has 1 unspecified atom stereocenters. The topological polar surface area (TPSA) is 35.2 Å². The number of nitrogens with two attached hydrogens (primary N) is 1. The van der Waals surface area contributed by atoms with Crippen LogP contribution in [0.3, 0.4) is 0 Å². The van der Waals surface area contributed by atoms with Crippen LogP contribution in [0.4, 0.5) is 0 Å². The summed E-state index contributed by atoms with van der Waals surface area (Å²) in [5, 5.41) is 0. The van der Waals surface area contributed by atoms with Crippen LogP contribution < -0.4 is 10.5 Å². The van der Waals surface area contributed by atoms with Gasteiger partial charge in [0.25, 0.3) is 0 Å². The van der Waals surface area contributed by atoms with E-state index < -0.39 is 0 Å². The van der Waals surface area contributed by atoms with Gasteiger partial charge in [-0.15, -0.1) is 0 Å². The van der Waals surface area contributed by atoms with Gasteiger partial charge in [-0.1, -0.05) is 42.0 Å². The third-order valence-corrected chi connectivity index (χ3v) is 3.42. The third kappa shape index (κ3) is 3.12. The number of hydrogen-bond donors (Lipinski definition) is 1. The van der Waals surface area contributed by atoms with Gasteiger partial charge < -0.3 is 10.5 Å².